The molecule has 2 atom stereocenters. The smallest absolute Gasteiger partial charge is 0.225 e. The first-order valence-corrected chi connectivity index (χ1v) is 7.22. The summed E-state index contributed by atoms with van der Waals surface area (Å²) in [6, 6.07) is 3.31. The van der Waals surface area contributed by atoms with E-state index in [1.807, 2.05) is 13.8 Å². The van der Waals surface area contributed by atoms with Crippen LogP contribution in [-0.2, 0) is 16.1 Å². The Labute approximate surface area is 124 Å². The second-order valence-electron chi connectivity index (χ2n) is 5.80. The van der Waals surface area contributed by atoms with Crippen LogP contribution < -0.4 is 5.32 Å². The van der Waals surface area contributed by atoms with Gasteiger partial charge in [0.1, 0.15) is 5.76 Å². The first-order valence-electron chi connectivity index (χ1n) is 7.22. The molecule has 1 aromatic rings. The monoisotopic (exact) mass is 294 g/mol. The number of amides is 2. The molecule has 0 radical (unpaired) electrons. The molecule has 2 N–H and O–H groups in total. The van der Waals surface area contributed by atoms with Crippen LogP contribution in [0.4, 0.5) is 0 Å². The summed E-state index contributed by atoms with van der Waals surface area (Å²) in [5.74, 6) is 0.282. The van der Waals surface area contributed by atoms with Crippen molar-refractivity contribution < 1.29 is 19.1 Å². The van der Waals surface area contributed by atoms with Crippen LogP contribution in [0.15, 0.2) is 22.8 Å². The summed E-state index contributed by atoms with van der Waals surface area (Å²) in [5.41, 5.74) is 0. The number of carbonyl (C=O) groups is 2. The number of carbonyl (C=O) groups excluding carboxylic acids is 2. The second kappa shape index (κ2) is 6.76. The molecule has 1 aliphatic heterocycles. The Morgan fingerprint density at radius 3 is 2.90 bits per heavy atom. The Bertz CT molecular complexity index is 484. The Kier molecular flexibility index (Phi) is 5.01. The quantitative estimate of drug-likeness (QED) is 0.811. The Morgan fingerprint density at radius 2 is 2.33 bits per heavy atom. The summed E-state index contributed by atoms with van der Waals surface area (Å²) in [6.45, 7) is 4.55. The Morgan fingerprint density at radius 1 is 1.57 bits per heavy atom. The highest BCUT2D eigenvalue weighted by Gasteiger charge is 2.35. The van der Waals surface area contributed by atoms with Gasteiger partial charge in [0.05, 0.1) is 31.4 Å². The third-order valence-corrected chi connectivity index (χ3v) is 3.84. The number of hydrogen-bond donors (Lipinski definition) is 2. The maximum atomic E-state index is 12.2. The van der Waals surface area contributed by atoms with Crippen LogP contribution in [0.1, 0.15) is 26.0 Å². The van der Waals surface area contributed by atoms with Gasteiger partial charge in [0, 0.05) is 13.0 Å². The predicted octanol–water partition coefficient (Wildman–Crippen LogP) is 0.761. The highest BCUT2D eigenvalue weighted by molar-refractivity contribution is 5.89. The van der Waals surface area contributed by atoms with E-state index in [1.54, 1.807) is 23.3 Å². The second-order valence-corrected chi connectivity index (χ2v) is 5.80. The summed E-state index contributed by atoms with van der Waals surface area (Å²) in [6.07, 6.45) is 1.78. The van der Waals surface area contributed by atoms with Crippen LogP contribution >= 0.6 is 0 Å². The SMILES string of the molecule is CC(C)[C@H](CO)NC(=O)[C@H]1CC(=O)N(Cc2ccco2)C1. The number of nitrogens with one attached hydrogen (secondary N) is 1. The van der Waals surface area contributed by atoms with E-state index in [1.165, 1.54) is 0 Å². The molecule has 0 aliphatic carbocycles. The summed E-state index contributed by atoms with van der Waals surface area (Å²) >= 11 is 0. The van der Waals surface area contributed by atoms with Gasteiger partial charge in [-0.05, 0) is 18.1 Å². The Hall–Kier alpha value is -1.82. The lowest BCUT2D eigenvalue weighted by atomic mass is 10.0. The highest BCUT2D eigenvalue weighted by Crippen LogP contribution is 2.21. The third-order valence-electron chi connectivity index (χ3n) is 3.84. The fourth-order valence-electron chi connectivity index (χ4n) is 2.41. The lowest BCUT2D eigenvalue weighted by Gasteiger charge is -2.22. The molecule has 1 aliphatic rings. The minimum Gasteiger partial charge on any atom is -0.467 e. The van der Waals surface area contributed by atoms with Crippen LogP contribution in [0.5, 0.6) is 0 Å². The zero-order valence-corrected chi connectivity index (χ0v) is 12.4. The third kappa shape index (κ3) is 3.85. The fourth-order valence-corrected chi connectivity index (χ4v) is 2.41. The van der Waals surface area contributed by atoms with E-state index < -0.39 is 0 Å². The molecule has 6 heteroatoms. The Balaban J connectivity index is 1.90. The maximum Gasteiger partial charge on any atom is 0.225 e. The molecule has 1 aromatic heterocycles. The molecule has 2 amide bonds. The minimum atomic E-state index is -0.361. The van der Waals surface area contributed by atoms with E-state index in [4.69, 9.17) is 4.42 Å². The van der Waals surface area contributed by atoms with Gasteiger partial charge in [-0.2, -0.15) is 0 Å². The molecule has 0 spiro atoms. The van der Waals surface area contributed by atoms with Gasteiger partial charge in [-0.1, -0.05) is 13.8 Å². The average molecular weight is 294 g/mol. The zero-order valence-electron chi connectivity index (χ0n) is 12.4. The molecule has 1 fully saturated rings. The van der Waals surface area contributed by atoms with Crippen LogP contribution in [0.25, 0.3) is 0 Å². The van der Waals surface area contributed by atoms with Crippen LogP contribution in [0.3, 0.4) is 0 Å². The van der Waals surface area contributed by atoms with Gasteiger partial charge in [0.15, 0.2) is 0 Å². The summed E-state index contributed by atoms with van der Waals surface area (Å²) in [4.78, 5) is 25.8. The lowest BCUT2D eigenvalue weighted by Crippen LogP contribution is -2.44. The van der Waals surface area contributed by atoms with Crippen molar-refractivity contribution in [3.63, 3.8) is 0 Å². The van der Waals surface area contributed by atoms with E-state index in [0.717, 1.165) is 0 Å². The number of nitrogens with zero attached hydrogens (tertiary/aromatic N) is 1. The summed E-state index contributed by atoms with van der Waals surface area (Å²) < 4.78 is 5.23. The van der Waals surface area contributed by atoms with E-state index >= 15 is 0 Å². The molecule has 116 valence electrons. The van der Waals surface area contributed by atoms with E-state index in [9.17, 15) is 14.7 Å². The number of likely N-dealkylation sites (tertiary alicyclic amines) is 1. The van der Waals surface area contributed by atoms with Crippen molar-refractivity contribution in [3.8, 4) is 0 Å². The van der Waals surface area contributed by atoms with Gasteiger partial charge >= 0.3 is 0 Å². The molecule has 2 rings (SSSR count). The van der Waals surface area contributed by atoms with Crippen molar-refractivity contribution in [2.75, 3.05) is 13.2 Å². The summed E-state index contributed by atoms with van der Waals surface area (Å²) in [5, 5.41) is 12.1. The number of aliphatic hydroxyl groups excluding tert-OH is 1. The van der Waals surface area contributed by atoms with Crippen LogP contribution in [0.2, 0.25) is 0 Å². The normalized spacial score (nSPS) is 20.1. The van der Waals surface area contributed by atoms with Crippen LogP contribution in [0, 0.1) is 11.8 Å². The molecular weight excluding hydrogens is 272 g/mol. The first kappa shape index (κ1) is 15.6. The topological polar surface area (TPSA) is 82.8 Å². The van der Waals surface area contributed by atoms with E-state index in [-0.39, 0.29) is 42.7 Å². The van der Waals surface area contributed by atoms with Crippen LogP contribution in [-0.4, -0.2) is 41.0 Å². The first-order chi connectivity index (χ1) is 10.0. The standard InChI is InChI=1S/C15H22N2O4/c1-10(2)13(9-18)16-15(20)11-6-14(19)17(7-11)8-12-4-3-5-21-12/h3-5,10-11,13,18H,6-9H2,1-2H3,(H,16,20)/t11-,13-/m0/s1. The van der Waals surface area contributed by atoms with Gasteiger partial charge in [-0.3, -0.25) is 9.59 Å². The zero-order chi connectivity index (χ0) is 15.4. The molecule has 6 nitrogen and oxygen atoms in total. The molecule has 21 heavy (non-hydrogen) atoms. The van der Waals surface area contributed by atoms with Gasteiger partial charge < -0.3 is 19.7 Å². The lowest BCUT2D eigenvalue weighted by molar-refractivity contribution is -0.129. The molecule has 0 bridgehead atoms. The van der Waals surface area contributed by atoms with Gasteiger partial charge in [-0.15, -0.1) is 0 Å². The van der Waals surface area contributed by atoms with Crippen molar-refractivity contribution in [3.05, 3.63) is 24.2 Å². The molecule has 2 heterocycles. The van der Waals surface area contributed by atoms with Gasteiger partial charge in [0.25, 0.3) is 0 Å². The average Bonchev–Trinajstić information content (AvgIpc) is 3.06. The van der Waals surface area contributed by atoms with Crippen molar-refractivity contribution in [1.29, 1.82) is 0 Å². The largest absolute Gasteiger partial charge is 0.467 e. The molecule has 0 aromatic carbocycles. The molecule has 0 saturated carbocycles. The molecular formula is C15H22N2O4. The minimum absolute atomic E-state index is 0.0448. The van der Waals surface area contributed by atoms with Crippen molar-refractivity contribution in [1.82, 2.24) is 10.2 Å². The van der Waals surface area contributed by atoms with Gasteiger partial charge in [0.2, 0.25) is 11.8 Å². The highest BCUT2D eigenvalue weighted by atomic mass is 16.3. The van der Waals surface area contributed by atoms with Crippen molar-refractivity contribution in [2.24, 2.45) is 11.8 Å². The number of rotatable bonds is 6. The molecule has 1 saturated heterocycles. The predicted molar refractivity (Wildman–Crippen MR) is 76.1 cm³/mol. The number of furan rings is 1. The van der Waals surface area contributed by atoms with Crippen molar-refractivity contribution in [2.45, 2.75) is 32.9 Å². The fraction of sp³-hybridized carbons (Fsp3) is 0.600. The summed E-state index contributed by atoms with van der Waals surface area (Å²) in [7, 11) is 0. The van der Waals surface area contributed by atoms with E-state index in [2.05, 4.69) is 5.32 Å². The number of aliphatic hydroxyl groups is 1. The maximum absolute atomic E-state index is 12.2. The molecule has 0 unspecified atom stereocenters. The van der Waals surface area contributed by atoms with E-state index in [0.29, 0.717) is 18.8 Å². The van der Waals surface area contributed by atoms with Gasteiger partial charge in [-0.25, -0.2) is 0 Å². The van der Waals surface area contributed by atoms with Crippen molar-refractivity contribution >= 4 is 11.8 Å². The number of hydrogen-bond acceptors (Lipinski definition) is 4.